The zero-order chi connectivity index (χ0) is 18.1. The van der Waals surface area contributed by atoms with E-state index in [1.54, 1.807) is 27.7 Å². The molecule has 0 aromatic carbocycles. The number of carbonyl (C=O) groups excluding carboxylic acids is 2. The van der Waals surface area contributed by atoms with Gasteiger partial charge in [0.15, 0.2) is 5.76 Å². The predicted octanol–water partition coefficient (Wildman–Crippen LogP) is 2.49. The number of carboxylic acid groups (broad SMARTS) is 1. The molecule has 1 aliphatic rings. The molecule has 1 atom stereocenters. The van der Waals surface area contributed by atoms with Gasteiger partial charge >= 0.3 is 11.9 Å². The maximum atomic E-state index is 12.7. The first-order chi connectivity index (χ1) is 11.1. The minimum atomic E-state index is -1.14. The zero-order valence-corrected chi connectivity index (χ0v) is 14.4. The number of esters is 1. The fourth-order valence-electron chi connectivity index (χ4n) is 2.74. The summed E-state index contributed by atoms with van der Waals surface area (Å²) in [5, 5.41) is 9.17. The number of hydrogen-bond acceptors (Lipinski definition) is 5. The van der Waals surface area contributed by atoms with Crippen LogP contribution < -0.4 is 0 Å². The Morgan fingerprint density at radius 2 is 2.04 bits per heavy atom. The van der Waals surface area contributed by atoms with Crippen molar-refractivity contribution < 1.29 is 28.6 Å². The second-order valence-electron chi connectivity index (χ2n) is 6.80. The average Bonchev–Trinajstić information content (AvgIpc) is 3.11. The molecule has 1 aliphatic heterocycles. The highest BCUT2D eigenvalue weighted by Gasteiger charge is 2.38. The Kier molecular flexibility index (Phi) is 5.01. The van der Waals surface area contributed by atoms with Gasteiger partial charge in [0.2, 0.25) is 0 Å². The van der Waals surface area contributed by atoms with Crippen LogP contribution in [0, 0.1) is 0 Å². The van der Waals surface area contributed by atoms with Crippen LogP contribution in [-0.4, -0.2) is 46.0 Å². The highest BCUT2D eigenvalue weighted by Crippen LogP contribution is 2.25. The summed E-state index contributed by atoms with van der Waals surface area (Å²) >= 11 is 0. The van der Waals surface area contributed by atoms with Gasteiger partial charge < -0.3 is 19.2 Å². The van der Waals surface area contributed by atoms with E-state index in [9.17, 15) is 14.4 Å². The molecule has 1 saturated heterocycles. The first kappa shape index (κ1) is 18.0. The molecule has 2 rings (SSSR count). The van der Waals surface area contributed by atoms with Gasteiger partial charge in [0.25, 0.3) is 5.91 Å². The second-order valence-corrected chi connectivity index (χ2v) is 6.80. The second kappa shape index (κ2) is 6.67. The van der Waals surface area contributed by atoms with Gasteiger partial charge in [0.1, 0.15) is 23.0 Å². The van der Waals surface area contributed by atoms with E-state index >= 15 is 0 Å². The molecular weight excluding hydrogens is 314 g/mol. The van der Waals surface area contributed by atoms with Crippen LogP contribution >= 0.6 is 0 Å². The lowest BCUT2D eigenvalue weighted by Crippen LogP contribution is -2.43. The number of aryl methyl sites for hydroxylation is 1. The third-order valence-electron chi connectivity index (χ3n) is 3.76. The molecule has 1 aromatic rings. The van der Waals surface area contributed by atoms with Crippen molar-refractivity contribution in [3.05, 3.63) is 23.2 Å². The molecule has 132 valence electrons. The van der Waals surface area contributed by atoms with Gasteiger partial charge in [-0.25, -0.2) is 9.59 Å². The van der Waals surface area contributed by atoms with Gasteiger partial charge in [0.05, 0.1) is 0 Å². The summed E-state index contributed by atoms with van der Waals surface area (Å²) < 4.78 is 10.8. The fourth-order valence-corrected chi connectivity index (χ4v) is 2.74. The first-order valence-corrected chi connectivity index (χ1v) is 8.04. The fraction of sp³-hybridized carbons (Fsp3) is 0.588. The van der Waals surface area contributed by atoms with E-state index in [0.29, 0.717) is 25.8 Å². The van der Waals surface area contributed by atoms with Crippen molar-refractivity contribution in [1.29, 1.82) is 0 Å². The number of rotatable bonds is 4. The lowest BCUT2D eigenvalue weighted by molar-refractivity contribution is -0.159. The number of furan rings is 1. The Bertz CT molecular complexity index is 655. The van der Waals surface area contributed by atoms with E-state index < -0.39 is 29.5 Å². The van der Waals surface area contributed by atoms with E-state index in [1.807, 2.05) is 0 Å². The maximum absolute atomic E-state index is 12.7. The number of likely N-dealkylation sites (tertiary alicyclic amines) is 1. The van der Waals surface area contributed by atoms with Crippen LogP contribution in [-0.2, 0) is 16.0 Å². The molecule has 0 aliphatic carbocycles. The minimum absolute atomic E-state index is 0.0196. The van der Waals surface area contributed by atoms with Crippen molar-refractivity contribution in [2.45, 2.75) is 58.6 Å². The normalized spacial score (nSPS) is 17.8. The molecule has 1 fully saturated rings. The lowest BCUT2D eigenvalue weighted by Gasteiger charge is -2.26. The van der Waals surface area contributed by atoms with E-state index in [4.69, 9.17) is 14.3 Å². The molecule has 24 heavy (non-hydrogen) atoms. The smallest absolute Gasteiger partial charge is 0.339 e. The lowest BCUT2D eigenvalue weighted by atomic mass is 10.1. The van der Waals surface area contributed by atoms with E-state index in [-0.39, 0.29) is 17.1 Å². The van der Waals surface area contributed by atoms with E-state index in [0.717, 1.165) is 0 Å². The van der Waals surface area contributed by atoms with Crippen molar-refractivity contribution in [2.24, 2.45) is 0 Å². The third kappa shape index (κ3) is 3.77. The number of carboxylic acids is 1. The van der Waals surface area contributed by atoms with Gasteiger partial charge in [-0.05, 0) is 33.6 Å². The number of hydrogen-bond donors (Lipinski definition) is 1. The number of aromatic carboxylic acids is 1. The highest BCUT2D eigenvalue weighted by atomic mass is 16.6. The summed E-state index contributed by atoms with van der Waals surface area (Å²) in [6.07, 6.45) is 1.57. The monoisotopic (exact) mass is 337 g/mol. The Hall–Kier alpha value is -2.31. The zero-order valence-electron chi connectivity index (χ0n) is 14.4. The Balaban J connectivity index is 2.22. The SMILES string of the molecule is CCc1oc(C(=O)N2CCC[C@H]2C(=O)OC(C)(C)C)cc1C(=O)O. The number of carbonyl (C=O) groups is 3. The van der Waals surface area contributed by atoms with Crippen LogP contribution in [0.25, 0.3) is 0 Å². The number of nitrogens with zero attached hydrogens (tertiary/aromatic N) is 1. The summed E-state index contributed by atoms with van der Waals surface area (Å²) in [6.45, 7) is 7.47. The van der Waals surface area contributed by atoms with Gasteiger partial charge in [-0.15, -0.1) is 0 Å². The van der Waals surface area contributed by atoms with Crippen molar-refractivity contribution in [3.8, 4) is 0 Å². The summed E-state index contributed by atoms with van der Waals surface area (Å²) in [6, 6.07) is 0.564. The van der Waals surface area contributed by atoms with Gasteiger partial charge in [-0.3, -0.25) is 4.79 Å². The largest absolute Gasteiger partial charge is 0.478 e. The van der Waals surface area contributed by atoms with Crippen LogP contribution in [0.5, 0.6) is 0 Å². The molecule has 7 nitrogen and oxygen atoms in total. The van der Waals surface area contributed by atoms with Crippen LogP contribution in [0.2, 0.25) is 0 Å². The third-order valence-corrected chi connectivity index (χ3v) is 3.76. The van der Waals surface area contributed by atoms with Crippen LogP contribution in [0.15, 0.2) is 10.5 Å². The predicted molar refractivity (Wildman–Crippen MR) is 84.9 cm³/mol. The number of ether oxygens (including phenoxy) is 1. The molecule has 0 radical (unpaired) electrons. The quantitative estimate of drug-likeness (QED) is 0.848. The topological polar surface area (TPSA) is 97.0 Å². The summed E-state index contributed by atoms with van der Waals surface area (Å²) in [5.41, 5.74) is -0.654. The molecule has 0 bridgehead atoms. The van der Waals surface area contributed by atoms with Crippen LogP contribution in [0.4, 0.5) is 0 Å². The average molecular weight is 337 g/mol. The molecule has 0 spiro atoms. The molecule has 1 aromatic heterocycles. The van der Waals surface area contributed by atoms with Gasteiger partial charge in [0, 0.05) is 19.0 Å². The van der Waals surface area contributed by atoms with Gasteiger partial charge in [-0.2, -0.15) is 0 Å². The van der Waals surface area contributed by atoms with Gasteiger partial charge in [-0.1, -0.05) is 6.92 Å². The number of amides is 1. The Morgan fingerprint density at radius 1 is 1.38 bits per heavy atom. The summed E-state index contributed by atoms with van der Waals surface area (Å²) in [5.74, 6) is -1.88. The van der Waals surface area contributed by atoms with E-state index in [2.05, 4.69) is 0 Å². The standard InChI is InChI=1S/C17H23NO6/c1-5-12-10(15(20)21)9-13(23-12)14(19)18-8-6-7-11(18)16(22)24-17(2,3)4/h9,11H,5-8H2,1-4H3,(H,20,21)/t11-/m0/s1. The molecule has 0 unspecified atom stereocenters. The van der Waals surface area contributed by atoms with E-state index in [1.165, 1.54) is 11.0 Å². The van der Waals surface area contributed by atoms with Crippen molar-refractivity contribution in [2.75, 3.05) is 6.54 Å². The minimum Gasteiger partial charge on any atom is -0.478 e. The summed E-state index contributed by atoms with van der Waals surface area (Å²) in [7, 11) is 0. The van der Waals surface area contributed by atoms with Crippen molar-refractivity contribution >= 4 is 17.8 Å². The molecule has 1 N–H and O–H groups in total. The molecule has 2 heterocycles. The Labute approximate surface area is 140 Å². The maximum Gasteiger partial charge on any atom is 0.339 e. The van der Waals surface area contributed by atoms with Crippen LogP contribution in [0.3, 0.4) is 0 Å². The molecule has 0 saturated carbocycles. The first-order valence-electron chi connectivity index (χ1n) is 8.04. The van der Waals surface area contributed by atoms with Crippen molar-refractivity contribution in [3.63, 3.8) is 0 Å². The molecule has 7 heteroatoms. The summed E-state index contributed by atoms with van der Waals surface area (Å²) in [4.78, 5) is 37.6. The molecular formula is C17H23NO6. The molecule has 1 amide bonds. The highest BCUT2D eigenvalue weighted by molar-refractivity contribution is 5.98. The van der Waals surface area contributed by atoms with Crippen LogP contribution in [0.1, 0.15) is 67.2 Å². The Morgan fingerprint density at radius 3 is 2.54 bits per heavy atom. The van der Waals surface area contributed by atoms with Crippen molar-refractivity contribution in [1.82, 2.24) is 4.90 Å².